The number of aliphatic hydroxyl groups excluding tert-OH is 2. The molecule has 0 saturated heterocycles. The molecule has 6 nitrogen and oxygen atoms in total. The second-order valence-corrected chi connectivity index (χ2v) is 3.61. The quantitative estimate of drug-likeness (QED) is 0.682. The van der Waals surface area contributed by atoms with Gasteiger partial charge in [0.05, 0.1) is 6.61 Å². The van der Waals surface area contributed by atoms with Gasteiger partial charge in [0.1, 0.15) is 0 Å². The van der Waals surface area contributed by atoms with Gasteiger partial charge in [-0.15, -0.1) is 0 Å². The fraction of sp³-hybridized carbons (Fsp3) is 0.846. The molecule has 0 saturated carbocycles. The molecule has 0 aliphatic rings. The molecule has 19 heavy (non-hydrogen) atoms. The van der Waals surface area contributed by atoms with Crippen LogP contribution in [0.2, 0.25) is 0 Å². The normalized spacial score (nSPS) is 7.84. The minimum absolute atomic E-state index is 0.167. The van der Waals surface area contributed by atoms with E-state index in [1.165, 1.54) is 6.92 Å². The van der Waals surface area contributed by atoms with Crippen LogP contribution in [-0.4, -0.2) is 46.6 Å². The van der Waals surface area contributed by atoms with E-state index in [0.29, 0.717) is 13.2 Å². The first-order chi connectivity index (χ1) is 8.65. The smallest absolute Gasteiger partial charge is 0.302 e. The Hall–Kier alpha value is -1.14. The highest BCUT2D eigenvalue weighted by Gasteiger charge is 1.81. The average Bonchev–Trinajstić information content (AvgIpc) is 2.17. The number of carbonyl (C=O) groups is 2. The second-order valence-electron chi connectivity index (χ2n) is 3.61. The summed E-state index contributed by atoms with van der Waals surface area (Å²) in [5.74, 6) is -1.04. The van der Waals surface area contributed by atoms with Gasteiger partial charge in [0, 0.05) is 26.6 Å². The molecule has 0 aromatic rings. The number of ether oxygens (including phenoxy) is 1. The van der Waals surface area contributed by atoms with E-state index in [1.807, 2.05) is 0 Å². The Morgan fingerprint density at radius 1 is 1.16 bits per heavy atom. The maximum Gasteiger partial charge on any atom is 0.302 e. The minimum Gasteiger partial charge on any atom is -0.481 e. The third-order valence-electron chi connectivity index (χ3n) is 0.859. The van der Waals surface area contributed by atoms with E-state index in [2.05, 4.69) is 11.7 Å². The van der Waals surface area contributed by atoms with E-state index in [4.69, 9.17) is 20.1 Å². The van der Waals surface area contributed by atoms with Crippen LogP contribution in [0.15, 0.2) is 0 Å². The first-order valence-electron chi connectivity index (χ1n) is 6.27. The van der Waals surface area contributed by atoms with Gasteiger partial charge < -0.3 is 20.1 Å². The van der Waals surface area contributed by atoms with Crippen LogP contribution < -0.4 is 0 Å². The van der Waals surface area contributed by atoms with E-state index in [0.717, 1.165) is 19.8 Å². The number of carbonyl (C=O) groups excluding carboxylic acids is 1. The molecule has 0 amide bonds. The molecule has 0 heterocycles. The lowest BCUT2D eigenvalue weighted by Gasteiger charge is -1.89. The lowest BCUT2D eigenvalue weighted by atomic mass is 10.4. The largest absolute Gasteiger partial charge is 0.481 e. The van der Waals surface area contributed by atoms with Crippen molar-refractivity contribution < 1.29 is 29.6 Å². The molecule has 0 radical (unpaired) electrons. The number of hydrogen-bond acceptors (Lipinski definition) is 5. The predicted octanol–water partition coefficient (Wildman–Crippen LogP) is 1.83. The van der Waals surface area contributed by atoms with Crippen LogP contribution in [0.5, 0.6) is 0 Å². The molecule has 0 spiro atoms. The van der Waals surface area contributed by atoms with Crippen molar-refractivity contribution in [2.75, 3.05) is 13.2 Å². The molecule has 0 aliphatic heterocycles. The third-order valence-corrected chi connectivity index (χ3v) is 0.859. The molecule has 0 fully saturated rings. The Kier molecular flexibility index (Phi) is 35.7. The van der Waals surface area contributed by atoms with Crippen molar-refractivity contribution in [3.05, 3.63) is 0 Å². The number of carboxylic acid groups (broad SMARTS) is 1. The summed E-state index contributed by atoms with van der Waals surface area (Å²) in [6.45, 7) is 10.6. The highest BCUT2D eigenvalue weighted by Crippen LogP contribution is 1.78. The van der Waals surface area contributed by atoms with Crippen LogP contribution in [0.1, 0.15) is 54.4 Å². The van der Waals surface area contributed by atoms with Crippen molar-refractivity contribution in [3.8, 4) is 0 Å². The SMILES string of the molecule is CC(=O)O.CC(C)O.CCCCO.CCOC(C)=O. The van der Waals surface area contributed by atoms with Crippen LogP contribution in [0.4, 0.5) is 0 Å². The van der Waals surface area contributed by atoms with Crippen LogP contribution in [-0.2, 0) is 14.3 Å². The summed E-state index contributed by atoms with van der Waals surface area (Å²) in [5, 5.41) is 23.5. The zero-order valence-electron chi connectivity index (χ0n) is 13.0. The van der Waals surface area contributed by atoms with Gasteiger partial charge in [-0.1, -0.05) is 13.3 Å². The van der Waals surface area contributed by atoms with Crippen LogP contribution in [0, 0.1) is 0 Å². The number of hydrogen-bond donors (Lipinski definition) is 3. The highest BCUT2D eigenvalue weighted by atomic mass is 16.5. The lowest BCUT2D eigenvalue weighted by molar-refractivity contribution is -0.140. The number of carboxylic acids is 1. The van der Waals surface area contributed by atoms with Crippen molar-refractivity contribution >= 4 is 11.9 Å². The van der Waals surface area contributed by atoms with E-state index in [1.54, 1.807) is 20.8 Å². The third kappa shape index (κ3) is 250. The molecule has 6 heteroatoms. The molecule has 0 bridgehead atoms. The van der Waals surface area contributed by atoms with Gasteiger partial charge in [0.25, 0.3) is 5.97 Å². The maximum atomic E-state index is 9.82. The monoisotopic (exact) mass is 282 g/mol. The van der Waals surface area contributed by atoms with E-state index < -0.39 is 5.97 Å². The summed E-state index contributed by atoms with van der Waals surface area (Å²) < 4.78 is 4.40. The zero-order valence-corrected chi connectivity index (χ0v) is 13.0. The zero-order chi connectivity index (χ0) is 16.3. The fourth-order valence-corrected chi connectivity index (χ4v) is 0.361. The van der Waals surface area contributed by atoms with Crippen molar-refractivity contribution in [3.63, 3.8) is 0 Å². The van der Waals surface area contributed by atoms with Crippen LogP contribution in [0.25, 0.3) is 0 Å². The summed E-state index contributed by atoms with van der Waals surface area (Å²) in [6, 6.07) is 0. The summed E-state index contributed by atoms with van der Waals surface area (Å²) in [6.07, 6.45) is 1.87. The first kappa shape index (κ1) is 26.4. The van der Waals surface area contributed by atoms with Crippen molar-refractivity contribution in [1.29, 1.82) is 0 Å². The van der Waals surface area contributed by atoms with Gasteiger partial charge in [-0.2, -0.15) is 0 Å². The van der Waals surface area contributed by atoms with E-state index in [9.17, 15) is 4.79 Å². The average molecular weight is 282 g/mol. The van der Waals surface area contributed by atoms with Crippen LogP contribution >= 0.6 is 0 Å². The van der Waals surface area contributed by atoms with Gasteiger partial charge in [0.2, 0.25) is 0 Å². The first-order valence-corrected chi connectivity index (χ1v) is 6.27. The van der Waals surface area contributed by atoms with Crippen molar-refractivity contribution in [2.45, 2.75) is 60.5 Å². The van der Waals surface area contributed by atoms with Gasteiger partial charge in [-0.05, 0) is 27.2 Å². The number of aliphatic carboxylic acids is 1. The summed E-state index contributed by atoms with van der Waals surface area (Å²) in [7, 11) is 0. The summed E-state index contributed by atoms with van der Waals surface area (Å²) in [4.78, 5) is 18.8. The van der Waals surface area contributed by atoms with Gasteiger partial charge in [-0.3, -0.25) is 9.59 Å². The molecule has 0 aromatic heterocycles. The summed E-state index contributed by atoms with van der Waals surface area (Å²) in [5.41, 5.74) is 0. The highest BCUT2D eigenvalue weighted by molar-refractivity contribution is 5.65. The topological polar surface area (TPSA) is 104 Å². The fourth-order valence-electron chi connectivity index (χ4n) is 0.361. The van der Waals surface area contributed by atoms with Crippen molar-refractivity contribution in [1.82, 2.24) is 0 Å². The molecule has 0 aromatic carbocycles. The maximum absolute atomic E-state index is 9.82. The van der Waals surface area contributed by atoms with Crippen molar-refractivity contribution in [2.24, 2.45) is 0 Å². The van der Waals surface area contributed by atoms with E-state index >= 15 is 0 Å². The predicted molar refractivity (Wildman–Crippen MR) is 75.0 cm³/mol. The number of rotatable bonds is 3. The molecule has 0 aliphatic carbocycles. The molecular formula is C13H30O6. The number of esters is 1. The minimum atomic E-state index is -0.833. The molecule has 0 rings (SSSR count). The Bertz CT molecular complexity index is 171. The van der Waals surface area contributed by atoms with Crippen LogP contribution in [0.3, 0.4) is 0 Å². The van der Waals surface area contributed by atoms with Gasteiger partial charge >= 0.3 is 5.97 Å². The standard InChI is InChI=1S/C4H8O2.C4H10O.C3H8O.C2H4O2/c1-3-6-4(2)5;1-2-3-4-5;1-3(2)4;1-2(3)4/h3H2,1-2H3;5H,2-4H2,1H3;3-4H,1-2H3;1H3,(H,3,4). The lowest BCUT2D eigenvalue weighted by Crippen LogP contribution is -1.95. The Labute approximate surface area is 116 Å². The Morgan fingerprint density at radius 3 is 1.47 bits per heavy atom. The van der Waals surface area contributed by atoms with E-state index in [-0.39, 0.29) is 12.1 Å². The summed E-state index contributed by atoms with van der Waals surface area (Å²) >= 11 is 0. The molecular weight excluding hydrogens is 252 g/mol. The number of unbranched alkanes of at least 4 members (excludes halogenated alkanes) is 1. The molecule has 0 atom stereocenters. The van der Waals surface area contributed by atoms with Gasteiger partial charge in [0.15, 0.2) is 0 Å². The Balaban J connectivity index is -0.0000000803. The molecule has 118 valence electrons. The second kappa shape index (κ2) is 25.6. The van der Waals surface area contributed by atoms with Gasteiger partial charge in [-0.25, -0.2) is 0 Å². The Morgan fingerprint density at radius 2 is 1.47 bits per heavy atom. The molecule has 3 N–H and O–H groups in total. The number of aliphatic hydroxyl groups is 2. The molecule has 0 unspecified atom stereocenters.